The van der Waals surface area contributed by atoms with Gasteiger partial charge in [-0.05, 0) is 49.2 Å². The number of nitrogens with one attached hydrogen (secondary N) is 1. The van der Waals surface area contributed by atoms with E-state index in [4.69, 9.17) is 19.7 Å². The van der Waals surface area contributed by atoms with Crippen molar-refractivity contribution in [3.63, 3.8) is 0 Å². The number of azide groups is 1. The van der Waals surface area contributed by atoms with E-state index in [1.54, 1.807) is 26.0 Å². The molecule has 168 valence electrons. The van der Waals surface area contributed by atoms with Crippen molar-refractivity contribution in [2.24, 2.45) is 5.11 Å². The van der Waals surface area contributed by atoms with Gasteiger partial charge in [-0.2, -0.15) is 0 Å². The van der Waals surface area contributed by atoms with Gasteiger partial charge < -0.3 is 14.2 Å². The number of hydrogen-bond acceptors (Lipinski definition) is 6. The summed E-state index contributed by atoms with van der Waals surface area (Å²) in [6, 6.07) is 16.0. The Labute approximate surface area is 183 Å². The number of rotatable bonds is 14. The van der Waals surface area contributed by atoms with Crippen molar-refractivity contribution in [3.8, 4) is 5.75 Å². The number of nitrogens with zero attached hydrogens (tertiary/aromatic N) is 3. The summed E-state index contributed by atoms with van der Waals surface area (Å²) in [6.45, 7) is 5.26. The van der Waals surface area contributed by atoms with Crippen LogP contribution in [0.25, 0.3) is 10.4 Å². The van der Waals surface area contributed by atoms with E-state index in [-0.39, 0.29) is 18.0 Å². The van der Waals surface area contributed by atoms with Crippen LogP contribution in [0.15, 0.2) is 64.6 Å². The second-order valence-corrected chi connectivity index (χ2v) is 9.04. The van der Waals surface area contributed by atoms with Crippen molar-refractivity contribution in [3.05, 3.63) is 70.6 Å². The molecule has 9 nitrogen and oxygen atoms in total. The monoisotopic (exact) mass is 448 g/mol. The zero-order chi connectivity index (χ0) is 22.6. The van der Waals surface area contributed by atoms with Gasteiger partial charge in [0.1, 0.15) is 12.4 Å². The Morgan fingerprint density at radius 1 is 1.00 bits per heavy atom. The molecule has 0 fully saturated rings. The molecule has 1 N–H and O–H groups in total. The van der Waals surface area contributed by atoms with Crippen molar-refractivity contribution >= 4 is 10.0 Å². The topological polar surface area (TPSA) is 123 Å². The van der Waals surface area contributed by atoms with Crippen LogP contribution in [0.3, 0.4) is 0 Å². The van der Waals surface area contributed by atoms with Gasteiger partial charge in [0.2, 0.25) is 10.0 Å². The molecule has 0 amide bonds. The van der Waals surface area contributed by atoms with Gasteiger partial charge in [-0.3, -0.25) is 0 Å². The van der Waals surface area contributed by atoms with Crippen LogP contribution >= 0.6 is 0 Å². The van der Waals surface area contributed by atoms with Crippen molar-refractivity contribution in [2.75, 3.05) is 33.0 Å². The summed E-state index contributed by atoms with van der Waals surface area (Å²) in [4.78, 5) is 2.78. The molecule has 0 spiro atoms. The molecule has 0 aliphatic rings. The minimum Gasteiger partial charge on any atom is -0.489 e. The predicted molar refractivity (Wildman–Crippen MR) is 117 cm³/mol. The van der Waals surface area contributed by atoms with Gasteiger partial charge >= 0.3 is 0 Å². The molecule has 0 saturated carbocycles. The lowest BCUT2D eigenvalue weighted by molar-refractivity contribution is 0.0323. The first-order valence-corrected chi connectivity index (χ1v) is 11.3. The molecule has 0 atom stereocenters. The second kappa shape index (κ2) is 12.3. The van der Waals surface area contributed by atoms with E-state index >= 15 is 0 Å². The molecule has 2 aromatic carbocycles. The molecule has 0 aliphatic heterocycles. The maximum absolute atomic E-state index is 12.7. The first kappa shape index (κ1) is 24.6. The lowest BCUT2D eigenvalue weighted by atomic mass is 10.1. The van der Waals surface area contributed by atoms with Crippen molar-refractivity contribution in [1.82, 2.24) is 4.72 Å². The molecule has 0 bridgehead atoms. The number of hydrogen-bond donors (Lipinski definition) is 1. The van der Waals surface area contributed by atoms with Crippen LogP contribution in [0.2, 0.25) is 0 Å². The minimum atomic E-state index is -3.72. The minimum absolute atomic E-state index is 0.147. The first-order valence-electron chi connectivity index (χ1n) is 9.79. The zero-order valence-electron chi connectivity index (χ0n) is 17.7. The van der Waals surface area contributed by atoms with Crippen molar-refractivity contribution in [2.45, 2.75) is 30.9 Å². The zero-order valence-corrected chi connectivity index (χ0v) is 18.5. The van der Waals surface area contributed by atoms with Gasteiger partial charge in [0.25, 0.3) is 0 Å². The van der Waals surface area contributed by atoms with Crippen LogP contribution in [-0.4, -0.2) is 46.9 Å². The molecule has 0 aliphatic carbocycles. The maximum Gasteiger partial charge on any atom is 0.241 e. The van der Waals surface area contributed by atoms with Crippen molar-refractivity contribution in [1.29, 1.82) is 0 Å². The largest absolute Gasteiger partial charge is 0.489 e. The summed E-state index contributed by atoms with van der Waals surface area (Å²) in [6.07, 6.45) is 0. The van der Waals surface area contributed by atoms with E-state index in [1.165, 1.54) is 12.1 Å². The third-order valence-electron chi connectivity index (χ3n) is 4.03. The standard InChI is InChI=1S/C21H28N4O5S/c1-21(2,17-29-15-14-28-13-12-23-25-22)24-31(26,27)20-10-8-19(9-11-20)30-16-18-6-4-3-5-7-18/h3-11,24H,12-17H2,1-2H3. The molecule has 31 heavy (non-hydrogen) atoms. The van der Waals surface area contributed by atoms with E-state index in [9.17, 15) is 8.42 Å². The fraction of sp³-hybridized carbons (Fsp3) is 0.429. The fourth-order valence-corrected chi connectivity index (χ4v) is 4.00. The van der Waals surface area contributed by atoms with Gasteiger partial charge in [-0.25, -0.2) is 13.1 Å². The quantitative estimate of drug-likeness (QED) is 0.204. The lowest BCUT2D eigenvalue weighted by Gasteiger charge is -2.25. The third-order valence-corrected chi connectivity index (χ3v) is 5.74. The molecular formula is C21H28N4O5S. The fourth-order valence-electron chi connectivity index (χ4n) is 2.61. The van der Waals surface area contributed by atoms with Crippen LogP contribution in [0.5, 0.6) is 5.75 Å². The average molecular weight is 449 g/mol. The number of sulfonamides is 1. The summed E-state index contributed by atoms with van der Waals surface area (Å²) in [5.74, 6) is 0.589. The number of benzene rings is 2. The van der Waals surface area contributed by atoms with Gasteiger partial charge in [-0.1, -0.05) is 35.4 Å². The summed E-state index contributed by atoms with van der Waals surface area (Å²) >= 11 is 0. The van der Waals surface area contributed by atoms with Crippen LogP contribution in [0.1, 0.15) is 19.4 Å². The van der Waals surface area contributed by atoms with Gasteiger partial charge in [0.15, 0.2) is 0 Å². The van der Waals surface area contributed by atoms with E-state index in [0.29, 0.717) is 32.2 Å². The summed E-state index contributed by atoms with van der Waals surface area (Å²) < 4.78 is 44.5. The van der Waals surface area contributed by atoms with E-state index in [2.05, 4.69) is 14.7 Å². The SMILES string of the molecule is CC(C)(COCCOCCN=[N+]=[N-])NS(=O)(=O)c1ccc(OCc2ccccc2)cc1. The maximum atomic E-state index is 12.7. The Morgan fingerprint density at radius 2 is 1.68 bits per heavy atom. The Bertz CT molecular complexity index is 943. The summed E-state index contributed by atoms with van der Waals surface area (Å²) in [5, 5.41) is 3.36. The van der Waals surface area contributed by atoms with Gasteiger partial charge in [-0.15, -0.1) is 0 Å². The highest BCUT2D eigenvalue weighted by atomic mass is 32.2. The summed E-state index contributed by atoms with van der Waals surface area (Å²) in [5.41, 5.74) is 8.39. The molecule has 0 unspecified atom stereocenters. The molecule has 2 aromatic rings. The number of ether oxygens (including phenoxy) is 3. The highest BCUT2D eigenvalue weighted by Crippen LogP contribution is 2.19. The Hall–Kier alpha value is -2.62. The predicted octanol–water partition coefficient (Wildman–Crippen LogP) is 3.67. The van der Waals surface area contributed by atoms with Crippen LogP contribution in [0.4, 0.5) is 0 Å². The molecule has 0 aromatic heterocycles. The first-order chi connectivity index (χ1) is 14.8. The molecule has 0 saturated heterocycles. The van der Waals surface area contributed by atoms with Gasteiger partial charge in [0, 0.05) is 11.5 Å². The Kier molecular flexibility index (Phi) is 9.77. The summed E-state index contributed by atoms with van der Waals surface area (Å²) in [7, 11) is -3.72. The smallest absolute Gasteiger partial charge is 0.241 e. The molecule has 0 radical (unpaired) electrons. The van der Waals surface area contributed by atoms with Crippen LogP contribution in [0, 0.1) is 0 Å². The normalized spacial score (nSPS) is 11.7. The van der Waals surface area contributed by atoms with Crippen LogP contribution < -0.4 is 9.46 Å². The third kappa shape index (κ3) is 9.37. The van der Waals surface area contributed by atoms with E-state index in [1.807, 2.05) is 30.3 Å². The lowest BCUT2D eigenvalue weighted by Crippen LogP contribution is -2.47. The van der Waals surface area contributed by atoms with E-state index in [0.717, 1.165) is 5.56 Å². The Balaban J connectivity index is 1.79. The molecular weight excluding hydrogens is 420 g/mol. The highest BCUT2D eigenvalue weighted by Gasteiger charge is 2.26. The molecule has 0 heterocycles. The average Bonchev–Trinajstić information content (AvgIpc) is 2.74. The molecule has 2 rings (SSSR count). The Morgan fingerprint density at radius 3 is 2.35 bits per heavy atom. The molecule has 10 heteroatoms. The highest BCUT2D eigenvalue weighted by molar-refractivity contribution is 7.89. The van der Waals surface area contributed by atoms with Crippen molar-refractivity contribution < 1.29 is 22.6 Å². The second-order valence-electron chi connectivity index (χ2n) is 7.35. The van der Waals surface area contributed by atoms with Crippen LogP contribution in [-0.2, 0) is 26.1 Å². The van der Waals surface area contributed by atoms with E-state index < -0.39 is 15.6 Å². The van der Waals surface area contributed by atoms with Gasteiger partial charge in [0.05, 0.1) is 36.9 Å².